The van der Waals surface area contributed by atoms with E-state index in [1.807, 2.05) is 84.0 Å². The molecule has 0 radical (unpaired) electrons. The monoisotopic (exact) mass is 402 g/mol. The summed E-state index contributed by atoms with van der Waals surface area (Å²) in [6.07, 6.45) is 3.13. The number of fused-ring (bicyclic) bond motifs is 1. The number of hydrogen-bond donors (Lipinski definition) is 1. The summed E-state index contributed by atoms with van der Waals surface area (Å²) in [4.78, 5) is 28.0. The molecule has 1 aliphatic rings. The van der Waals surface area contributed by atoms with Crippen LogP contribution in [0.25, 0.3) is 0 Å². The van der Waals surface area contributed by atoms with Crippen LogP contribution in [0.3, 0.4) is 0 Å². The van der Waals surface area contributed by atoms with Gasteiger partial charge in [0, 0.05) is 22.7 Å². The van der Waals surface area contributed by atoms with Crippen LogP contribution in [0.4, 0.5) is 11.4 Å². The van der Waals surface area contributed by atoms with Crippen LogP contribution in [0, 0.1) is 0 Å². The summed E-state index contributed by atoms with van der Waals surface area (Å²) in [5.74, 6) is 0.00923. The Kier molecular flexibility index (Phi) is 5.67. The van der Waals surface area contributed by atoms with Gasteiger partial charge in [-0.05, 0) is 54.1 Å². The van der Waals surface area contributed by atoms with Crippen LogP contribution in [0.15, 0.2) is 77.7 Å². The molecule has 1 heterocycles. The van der Waals surface area contributed by atoms with Gasteiger partial charge >= 0.3 is 0 Å². The predicted octanol–water partition coefficient (Wildman–Crippen LogP) is 5.14. The first-order valence-corrected chi connectivity index (χ1v) is 10.8. The van der Waals surface area contributed by atoms with Crippen molar-refractivity contribution in [2.45, 2.75) is 24.3 Å². The SMILES string of the molecule is CSc1ccccc1C(=O)Nc1ccc2c(c1)CCC(=O)N2Cc1ccccc1. The summed E-state index contributed by atoms with van der Waals surface area (Å²) in [5, 5.41) is 3.00. The maximum absolute atomic E-state index is 12.7. The highest BCUT2D eigenvalue weighted by atomic mass is 32.2. The molecular weight excluding hydrogens is 380 g/mol. The highest BCUT2D eigenvalue weighted by Crippen LogP contribution is 2.32. The Hall–Kier alpha value is -3.05. The number of amides is 2. The highest BCUT2D eigenvalue weighted by Gasteiger charge is 2.24. The third-order valence-corrected chi connectivity index (χ3v) is 5.87. The molecule has 29 heavy (non-hydrogen) atoms. The average Bonchev–Trinajstić information content (AvgIpc) is 2.76. The number of rotatable bonds is 5. The molecule has 0 aliphatic carbocycles. The number of benzene rings is 3. The zero-order valence-electron chi connectivity index (χ0n) is 16.2. The third kappa shape index (κ3) is 4.20. The first-order valence-electron chi connectivity index (χ1n) is 9.57. The van der Waals surface area contributed by atoms with E-state index in [0.29, 0.717) is 24.9 Å². The molecule has 0 bridgehead atoms. The van der Waals surface area contributed by atoms with Gasteiger partial charge in [-0.1, -0.05) is 42.5 Å². The first-order chi connectivity index (χ1) is 14.2. The van der Waals surface area contributed by atoms with Crippen LogP contribution in [-0.2, 0) is 17.8 Å². The van der Waals surface area contributed by atoms with Gasteiger partial charge in [0.25, 0.3) is 5.91 Å². The fourth-order valence-electron chi connectivity index (χ4n) is 3.61. The summed E-state index contributed by atoms with van der Waals surface area (Å²) in [7, 11) is 0. The largest absolute Gasteiger partial charge is 0.322 e. The molecule has 2 amide bonds. The average molecular weight is 403 g/mol. The minimum absolute atomic E-state index is 0.122. The summed E-state index contributed by atoms with van der Waals surface area (Å²) in [6, 6.07) is 23.4. The van der Waals surface area contributed by atoms with E-state index in [4.69, 9.17) is 0 Å². The fourth-order valence-corrected chi connectivity index (χ4v) is 4.20. The van der Waals surface area contributed by atoms with Crippen LogP contribution in [0.1, 0.15) is 27.9 Å². The van der Waals surface area contributed by atoms with Crippen LogP contribution in [0.5, 0.6) is 0 Å². The van der Waals surface area contributed by atoms with E-state index in [9.17, 15) is 9.59 Å². The van der Waals surface area contributed by atoms with E-state index in [2.05, 4.69) is 5.32 Å². The molecule has 0 aromatic heterocycles. The first kappa shape index (κ1) is 19.3. The van der Waals surface area contributed by atoms with Crippen LogP contribution in [-0.4, -0.2) is 18.1 Å². The van der Waals surface area contributed by atoms with Crippen molar-refractivity contribution in [3.63, 3.8) is 0 Å². The molecule has 146 valence electrons. The molecule has 0 saturated heterocycles. The van der Waals surface area contributed by atoms with Crippen molar-refractivity contribution in [3.05, 3.63) is 89.5 Å². The number of thioether (sulfide) groups is 1. The predicted molar refractivity (Wildman–Crippen MR) is 119 cm³/mol. The molecule has 0 atom stereocenters. The molecule has 0 saturated carbocycles. The lowest BCUT2D eigenvalue weighted by Crippen LogP contribution is -2.34. The Morgan fingerprint density at radius 2 is 1.76 bits per heavy atom. The van der Waals surface area contributed by atoms with Gasteiger partial charge in [-0.2, -0.15) is 0 Å². The number of nitrogens with zero attached hydrogens (tertiary/aromatic N) is 1. The Morgan fingerprint density at radius 1 is 1.00 bits per heavy atom. The van der Waals surface area contributed by atoms with Crippen LogP contribution in [0.2, 0.25) is 0 Å². The zero-order valence-corrected chi connectivity index (χ0v) is 17.0. The van der Waals surface area contributed by atoms with Gasteiger partial charge in [-0.15, -0.1) is 11.8 Å². The summed E-state index contributed by atoms with van der Waals surface area (Å²) < 4.78 is 0. The quantitative estimate of drug-likeness (QED) is 0.601. The summed E-state index contributed by atoms with van der Waals surface area (Å²) >= 11 is 1.55. The second-order valence-corrected chi connectivity index (χ2v) is 7.81. The highest BCUT2D eigenvalue weighted by molar-refractivity contribution is 7.98. The van der Waals surface area contributed by atoms with Crippen molar-refractivity contribution in [2.24, 2.45) is 0 Å². The standard InChI is InChI=1S/C24H22N2O2S/c1-29-22-10-6-5-9-20(22)24(28)25-19-12-13-21-18(15-19)11-14-23(27)26(21)16-17-7-3-2-4-8-17/h2-10,12-13,15H,11,14,16H2,1H3,(H,25,28). The lowest BCUT2D eigenvalue weighted by Gasteiger charge is -2.30. The minimum Gasteiger partial charge on any atom is -0.322 e. The number of hydrogen-bond acceptors (Lipinski definition) is 3. The van der Waals surface area contributed by atoms with Crippen molar-refractivity contribution in [1.29, 1.82) is 0 Å². The van der Waals surface area contributed by atoms with Crippen molar-refractivity contribution >= 4 is 35.0 Å². The van der Waals surface area contributed by atoms with Crippen LogP contribution < -0.4 is 10.2 Å². The normalized spacial score (nSPS) is 13.1. The Labute approximate surface area is 174 Å². The van der Waals surface area contributed by atoms with E-state index < -0.39 is 0 Å². The smallest absolute Gasteiger partial charge is 0.256 e. The Morgan fingerprint density at radius 3 is 2.55 bits per heavy atom. The number of carbonyl (C=O) groups excluding carboxylic acids is 2. The summed E-state index contributed by atoms with van der Waals surface area (Å²) in [6.45, 7) is 0.555. The molecule has 0 fully saturated rings. The van der Waals surface area contributed by atoms with Gasteiger partial charge in [0.05, 0.1) is 12.1 Å². The summed E-state index contributed by atoms with van der Waals surface area (Å²) in [5.41, 5.74) is 4.51. The maximum atomic E-state index is 12.7. The van der Waals surface area contributed by atoms with E-state index >= 15 is 0 Å². The lowest BCUT2D eigenvalue weighted by molar-refractivity contribution is -0.119. The van der Waals surface area contributed by atoms with Gasteiger partial charge in [0.15, 0.2) is 0 Å². The van der Waals surface area contributed by atoms with Crippen molar-refractivity contribution in [1.82, 2.24) is 0 Å². The van der Waals surface area contributed by atoms with Gasteiger partial charge in [0.2, 0.25) is 5.91 Å². The van der Waals surface area contributed by atoms with E-state index in [1.165, 1.54) is 0 Å². The van der Waals surface area contributed by atoms with Gasteiger partial charge in [-0.25, -0.2) is 0 Å². The minimum atomic E-state index is -0.122. The molecule has 5 heteroatoms. The molecule has 0 spiro atoms. The number of nitrogens with one attached hydrogen (secondary N) is 1. The van der Waals surface area contributed by atoms with Crippen molar-refractivity contribution in [3.8, 4) is 0 Å². The molecule has 1 aliphatic heterocycles. The van der Waals surface area contributed by atoms with Crippen LogP contribution >= 0.6 is 11.8 Å². The lowest BCUT2D eigenvalue weighted by atomic mass is 9.99. The molecule has 3 aromatic carbocycles. The maximum Gasteiger partial charge on any atom is 0.256 e. The van der Waals surface area contributed by atoms with Gasteiger partial charge in [-0.3, -0.25) is 9.59 Å². The fraction of sp³-hybridized carbons (Fsp3) is 0.167. The molecule has 4 rings (SSSR count). The van der Waals surface area contributed by atoms with E-state index in [-0.39, 0.29) is 11.8 Å². The van der Waals surface area contributed by atoms with Crippen molar-refractivity contribution < 1.29 is 9.59 Å². The zero-order chi connectivity index (χ0) is 20.2. The molecule has 1 N–H and O–H groups in total. The second kappa shape index (κ2) is 8.53. The van der Waals surface area contributed by atoms with Crippen molar-refractivity contribution in [2.75, 3.05) is 16.5 Å². The Balaban J connectivity index is 1.57. The topological polar surface area (TPSA) is 49.4 Å². The number of aryl methyl sites for hydroxylation is 1. The molecule has 0 unspecified atom stereocenters. The van der Waals surface area contributed by atoms with Gasteiger partial charge < -0.3 is 10.2 Å². The second-order valence-electron chi connectivity index (χ2n) is 6.96. The molecule has 3 aromatic rings. The van der Waals surface area contributed by atoms with E-state index in [1.54, 1.807) is 11.8 Å². The number of anilines is 2. The molecule has 4 nitrogen and oxygen atoms in total. The van der Waals surface area contributed by atoms with Gasteiger partial charge in [0.1, 0.15) is 0 Å². The number of carbonyl (C=O) groups is 2. The Bertz CT molecular complexity index is 1050. The molecular formula is C24H22N2O2S. The van der Waals surface area contributed by atoms with E-state index in [0.717, 1.165) is 27.4 Å². The third-order valence-electron chi connectivity index (χ3n) is 5.07.